The Labute approximate surface area is 439 Å². The molecule has 35 atom stereocenters. The molecule has 452 valence electrons. The normalized spacial score (nSPS) is 54.9. The molecule has 22 N–H and O–H groups in total. The maximum absolute atomic E-state index is 11.4. The predicted octanol–water partition coefficient (Wildman–Crippen LogP) is -15.3. The molecule has 21 aliphatic heterocycles. The number of nitrogens with zero attached hydrogens (tertiary/aromatic N) is 1. The third kappa shape index (κ3) is 12.1. The Hall–Kier alpha value is -1.89. The van der Waals surface area contributed by atoms with Gasteiger partial charge in [-0.25, -0.2) is 0 Å². The quantitative estimate of drug-likeness (QED) is 0.0639. The monoisotopic (exact) mass is 1150 g/mol. The van der Waals surface area contributed by atoms with E-state index in [0.717, 1.165) is 6.21 Å². The number of hydrazone groups is 1. The van der Waals surface area contributed by atoms with Crippen LogP contribution < -0.4 is 5.84 Å². The van der Waals surface area contributed by atoms with Gasteiger partial charge < -0.3 is 174 Å². The number of hydrogen-bond donors (Lipinski definition) is 21. The molecule has 0 amide bonds. The van der Waals surface area contributed by atoms with Gasteiger partial charge in [-0.05, 0) is 0 Å². The molecule has 0 saturated carbocycles. The first-order chi connectivity index (χ1) is 37.2. The standard InChI is InChI=1S/C42H70N2O34/c43-44-1-8-29-15(51)22(58)36(65-8)73-30-9(2-45)67-38(24(60)17(30)53)75-32-11(4-47)69-40(26(62)19(32)55)77-34-13(6-49)71-42(28(64)21(34)57)78-35-14(7-50)70-41(27(63)20(35)56)76-33-12(5-48)68-39(25(61)18(33)54)74-31-10(3-46)66-37(72-29)23(59)16(31)52/h1,8-42,45-64H,2-7,43H2/b44-1+/t8-,9-,10-,11-,12-,13-,14-,15-,16-,17-,18-,19-,20-,21-,22-,23-,24+,25-,26+,27-,28-,29-,30-,31-,32-,33-,34-,35-,36-,37-,38-,39-,40-,41-,42-/m1/s1. The second-order valence-electron chi connectivity index (χ2n) is 19.7. The van der Waals surface area contributed by atoms with Crippen molar-refractivity contribution in [3.05, 3.63) is 0 Å². The van der Waals surface area contributed by atoms with Crippen molar-refractivity contribution in [1.82, 2.24) is 0 Å². The molecule has 78 heavy (non-hydrogen) atoms. The van der Waals surface area contributed by atoms with E-state index in [1.165, 1.54) is 0 Å². The van der Waals surface area contributed by atoms with Crippen LogP contribution in [0.1, 0.15) is 0 Å². The van der Waals surface area contributed by atoms with Gasteiger partial charge in [0, 0.05) is 0 Å². The van der Waals surface area contributed by atoms with Crippen LogP contribution in [0.25, 0.3) is 0 Å². The van der Waals surface area contributed by atoms with Gasteiger partial charge in [0.05, 0.1) is 45.9 Å². The van der Waals surface area contributed by atoms with Gasteiger partial charge in [-0.15, -0.1) is 0 Å². The molecular weight excluding hydrogens is 1080 g/mol. The maximum Gasteiger partial charge on any atom is 0.187 e. The Morgan fingerprint density at radius 2 is 0.410 bits per heavy atom. The molecular formula is C42H70N2O34. The number of hydrogen-bond acceptors (Lipinski definition) is 36. The fourth-order valence-corrected chi connectivity index (χ4v) is 10.4. The van der Waals surface area contributed by atoms with Crippen molar-refractivity contribution in [3.63, 3.8) is 0 Å². The summed E-state index contributed by atoms with van der Waals surface area (Å²) in [6, 6.07) is 0. The number of rotatable bonds is 7. The Morgan fingerprint density at radius 1 is 0.244 bits per heavy atom. The van der Waals surface area contributed by atoms with Crippen molar-refractivity contribution in [1.29, 1.82) is 0 Å². The minimum Gasteiger partial charge on any atom is -0.394 e. The lowest BCUT2D eigenvalue weighted by molar-refractivity contribution is -0.396. The van der Waals surface area contributed by atoms with Crippen LogP contribution in [0, 0.1) is 0 Å². The van der Waals surface area contributed by atoms with Crippen molar-refractivity contribution < 1.29 is 168 Å². The predicted molar refractivity (Wildman–Crippen MR) is 234 cm³/mol. The van der Waals surface area contributed by atoms with Gasteiger partial charge in [0.2, 0.25) is 0 Å². The van der Waals surface area contributed by atoms with Crippen molar-refractivity contribution in [2.45, 2.75) is 215 Å². The van der Waals surface area contributed by atoms with Crippen LogP contribution >= 0.6 is 0 Å². The molecule has 0 unspecified atom stereocenters. The molecule has 0 aromatic carbocycles. The molecule has 21 fully saturated rings. The van der Waals surface area contributed by atoms with Crippen LogP contribution in [0.2, 0.25) is 0 Å². The molecule has 36 nitrogen and oxygen atoms in total. The molecule has 0 aromatic heterocycles. The fraction of sp³-hybridized carbons (Fsp3) is 0.976. The summed E-state index contributed by atoms with van der Waals surface area (Å²) in [5, 5.41) is 224. The minimum atomic E-state index is -2.21. The van der Waals surface area contributed by atoms with E-state index in [1.807, 2.05) is 0 Å². The van der Waals surface area contributed by atoms with Crippen LogP contribution in [-0.4, -0.2) is 363 Å². The van der Waals surface area contributed by atoms with E-state index < -0.39 is 255 Å². The molecule has 0 spiro atoms. The van der Waals surface area contributed by atoms with Crippen LogP contribution in [-0.2, 0) is 66.3 Å². The van der Waals surface area contributed by atoms with Crippen molar-refractivity contribution in [2.24, 2.45) is 10.9 Å². The van der Waals surface area contributed by atoms with E-state index >= 15 is 0 Å². The lowest BCUT2D eigenvalue weighted by atomic mass is 9.95. The highest BCUT2D eigenvalue weighted by Crippen LogP contribution is 2.39. The molecule has 0 radical (unpaired) electrons. The molecule has 14 bridgehead atoms. The topological polar surface area (TPSA) is 572 Å². The smallest absolute Gasteiger partial charge is 0.187 e. The van der Waals surface area contributed by atoms with Crippen LogP contribution in [0.4, 0.5) is 0 Å². The summed E-state index contributed by atoms with van der Waals surface area (Å²) in [6.45, 7) is -6.27. The van der Waals surface area contributed by atoms with Crippen LogP contribution in [0.15, 0.2) is 5.10 Å². The molecule has 36 heteroatoms. The molecule has 0 aromatic rings. The van der Waals surface area contributed by atoms with Crippen molar-refractivity contribution in [3.8, 4) is 0 Å². The van der Waals surface area contributed by atoms with Gasteiger partial charge in [-0.3, -0.25) is 0 Å². The summed E-state index contributed by atoms with van der Waals surface area (Å²) in [7, 11) is 0. The third-order valence-corrected chi connectivity index (χ3v) is 14.8. The molecule has 0 aliphatic carbocycles. The SMILES string of the molecule is N/N=C/[C@H]1O[C@@H]2O[C@H]3[C@H](O)[C@H](O)[C@@H](O[C@H]4[C@H](O)[C@H](O)[C@@H](O[C@H]5[C@H](O)[C@@H](O)[C@@H](O[C@H]6[C@H](O)[C@@H](O)[C@@H](O[C@H]7[C@H](O)[C@@H](O)[C@@H](O[C@H]8[C@H](O)[C@@H](O)[C@@H](O[C@H]1[C@H](O)[C@H]2O)O[C@@H]8CO)O[C@@H]7CO)O[C@@H]6CO)O[C@@H]5CO)O[C@@H]4CO)O[C@@H]3CO. The average molecular weight is 1150 g/mol. The van der Waals surface area contributed by atoms with Gasteiger partial charge in [0.25, 0.3) is 0 Å². The number of aliphatic hydroxyl groups excluding tert-OH is 20. The Balaban J connectivity index is 1.08. The largest absolute Gasteiger partial charge is 0.394 e. The van der Waals surface area contributed by atoms with Crippen LogP contribution in [0.3, 0.4) is 0 Å². The van der Waals surface area contributed by atoms with E-state index in [4.69, 9.17) is 72.2 Å². The van der Waals surface area contributed by atoms with E-state index in [1.54, 1.807) is 0 Å². The second-order valence-corrected chi connectivity index (χ2v) is 19.7. The lowest BCUT2D eigenvalue weighted by Crippen LogP contribution is -2.68. The van der Waals surface area contributed by atoms with Crippen molar-refractivity contribution in [2.75, 3.05) is 39.6 Å². The number of aliphatic hydroxyl groups is 20. The fourth-order valence-electron chi connectivity index (χ4n) is 10.4. The summed E-state index contributed by atoms with van der Waals surface area (Å²) < 4.78 is 79.9. The Bertz CT molecular complexity index is 1890. The van der Waals surface area contributed by atoms with Gasteiger partial charge >= 0.3 is 0 Å². The Morgan fingerprint density at radius 3 is 0.590 bits per heavy atom. The second kappa shape index (κ2) is 26.4. The third-order valence-electron chi connectivity index (χ3n) is 14.8. The summed E-state index contributed by atoms with van der Waals surface area (Å²) in [6.07, 6.45) is -69.3. The summed E-state index contributed by atoms with van der Waals surface area (Å²) >= 11 is 0. The van der Waals surface area contributed by atoms with Gasteiger partial charge in [0.15, 0.2) is 44.0 Å². The van der Waals surface area contributed by atoms with E-state index in [0.29, 0.717) is 0 Å². The molecule has 21 saturated heterocycles. The van der Waals surface area contributed by atoms with Crippen molar-refractivity contribution >= 4 is 6.21 Å². The zero-order chi connectivity index (χ0) is 56.8. The molecule has 21 aliphatic rings. The first kappa shape index (κ1) is 62.2. The highest BCUT2D eigenvalue weighted by atomic mass is 16.8. The lowest BCUT2D eigenvalue weighted by Gasteiger charge is -2.50. The summed E-state index contributed by atoms with van der Waals surface area (Å²) in [5.74, 6) is 5.40. The molecule has 21 rings (SSSR count). The zero-order valence-electron chi connectivity index (χ0n) is 40.7. The van der Waals surface area contributed by atoms with Gasteiger partial charge in [0.1, 0.15) is 171 Å². The van der Waals surface area contributed by atoms with E-state index in [2.05, 4.69) is 5.10 Å². The van der Waals surface area contributed by atoms with Gasteiger partial charge in [-0.2, -0.15) is 5.10 Å². The Kier molecular flexibility index (Phi) is 21.0. The van der Waals surface area contributed by atoms with Gasteiger partial charge in [-0.1, -0.05) is 0 Å². The first-order valence-electron chi connectivity index (χ1n) is 24.7. The maximum atomic E-state index is 11.4. The average Bonchev–Trinajstić information content (AvgIpc) is 3.43. The highest BCUT2D eigenvalue weighted by molar-refractivity contribution is 5.64. The zero-order valence-corrected chi connectivity index (χ0v) is 40.7. The van der Waals surface area contributed by atoms with E-state index in [-0.39, 0.29) is 0 Å². The molecule has 21 heterocycles. The minimum absolute atomic E-state index is 0.818. The van der Waals surface area contributed by atoms with E-state index in [9.17, 15) is 102 Å². The summed E-state index contributed by atoms with van der Waals surface area (Å²) in [4.78, 5) is 0. The number of ether oxygens (including phenoxy) is 14. The summed E-state index contributed by atoms with van der Waals surface area (Å²) in [5.41, 5.74) is 0. The first-order valence-corrected chi connectivity index (χ1v) is 24.7. The van der Waals surface area contributed by atoms with Crippen LogP contribution in [0.5, 0.6) is 0 Å². The highest BCUT2D eigenvalue weighted by Gasteiger charge is 2.59. The number of nitrogens with two attached hydrogens (primary N) is 1.